The van der Waals surface area contributed by atoms with Crippen LogP contribution in [-0.2, 0) is 0 Å². The maximum Gasteiger partial charge on any atom is 0.128 e. The molecule has 0 bridgehead atoms. The van der Waals surface area contributed by atoms with Crippen LogP contribution < -0.4 is 9.80 Å². The van der Waals surface area contributed by atoms with E-state index >= 15 is 0 Å². The Morgan fingerprint density at radius 2 is 1.50 bits per heavy atom. The van der Waals surface area contributed by atoms with Crippen molar-refractivity contribution in [2.45, 2.75) is 13.1 Å². The summed E-state index contributed by atoms with van der Waals surface area (Å²) >= 11 is 0. The highest BCUT2D eigenvalue weighted by molar-refractivity contribution is 5.78. The van der Waals surface area contributed by atoms with Crippen molar-refractivity contribution in [1.29, 1.82) is 0 Å². The minimum Gasteiger partial charge on any atom is -0.349 e. The number of fused-ring (bicyclic) bond motifs is 1. The van der Waals surface area contributed by atoms with Gasteiger partial charge in [0, 0.05) is 14.1 Å². The summed E-state index contributed by atoms with van der Waals surface area (Å²) in [5.74, 6) is 0. The van der Waals surface area contributed by atoms with Crippen molar-refractivity contribution in [3.05, 3.63) is 59.7 Å². The maximum atomic E-state index is 2.34. The van der Waals surface area contributed by atoms with Crippen LogP contribution >= 0.6 is 0 Å². The van der Waals surface area contributed by atoms with Crippen LogP contribution in [0.15, 0.2) is 48.5 Å². The molecule has 0 aliphatic carbocycles. The third-order valence-electron chi connectivity index (χ3n) is 3.72. The minimum absolute atomic E-state index is 0.294. The molecule has 1 unspecified atom stereocenters. The second-order valence-electron chi connectivity index (χ2n) is 5.00. The van der Waals surface area contributed by atoms with Gasteiger partial charge < -0.3 is 9.80 Å². The molecule has 0 radical (unpaired) electrons. The van der Waals surface area contributed by atoms with Gasteiger partial charge in [-0.2, -0.15) is 0 Å². The molecule has 2 heteroatoms. The van der Waals surface area contributed by atoms with Crippen LogP contribution in [0.4, 0.5) is 11.4 Å². The molecule has 2 nitrogen and oxygen atoms in total. The van der Waals surface area contributed by atoms with Crippen molar-refractivity contribution < 1.29 is 0 Å². The van der Waals surface area contributed by atoms with Gasteiger partial charge in [-0.25, -0.2) is 0 Å². The van der Waals surface area contributed by atoms with E-state index in [0.717, 1.165) is 0 Å². The van der Waals surface area contributed by atoms with Gasteiger partial charge in [0.15, 0.2) is 0 Å². The zero-order valence-electron chi connectivity index (χ0n) is 11.1. The van der Waals surface area contributed by atoms with Gasteiger partial charge >= 0.3 is 0 Å². The fraction of sp³-hybridized carbons (Fsp3) is 0.250. The van der Waals surface area contributed by atoms with Crippen LogP contribution in [0, 0.1) is 6.92 Å². The third kappa shape index (κ3) is 1.57. The summed E-state index contributed by atoms with van der Waals surface area (Å²) in [6, 6.07) is 17.3. The monoisotopic (exact) mass is 238 g/mol. The molecule has 0 spiro atoms. The summed E-state index contributed by atoms with van der Waals surface area (Å²) in [6.07, 6.45) is 0.294. The smallest absolute Gasteiger partial charge is 0.128 e. The summed E-state index contributed by atoms with van der Waals surface area (Å²) in [4.78, 5) is 4.68. The van der Waals surface area contributed by atoms with Crippen LogP contribution in [-0.4, -0.2) is 14.1 Å². The number of hydrogen-bond donors (Lipinski definition) is 0. The van der Waals surface area contributed by atoms with Crippen molar-refractivity contribution in [3.8, 4) is 0 Å². The first-order chi connectivity index (χ1) is 8.68. The van der Waals surface area contributed by atoms with E-state index in [1.807, 2.05) is 0 Å². The first kappa shape index (κ1) is 11.1. The molecule has 1 atom stereocenters. The van der Waals surface area contributed by atoms with E-state index in [-0.39, 0.29) is 0 Å². The highest BCUT2D eigenvalue weighted by atomic mass is 15.4. The second-order valence-corrected chi connectivity index (χ2v) is 5.00. The van der Waals surface area contributed by atoms with E-state index in [1.54, 1.807) is 0 Å². The molecule has 0 aromatic heterocycles. The largest absolute Gasteiger partial charge is 0.349 e. The Morgan fingerprint density at radius 1 is 0.833 bits per heavy atom. The zero-order valence-corrected chi connectivity index (χ0v) is 11.1. The van der Waals surface area contributed by atoms with Gasteiger partial charge in [0.2, 0.25) is 0 Å². The van der Waals surface area contributed by atoms with Gasteiger partial charge in [0.1, 0.15) is 6.17 Å². The number of nitrogens with zero attached hydrogens (tertiary/aromatic N) is 2. The maximum absolute atomic E-state index is 2.34. The second kappa shape index (κ2) is 4.05. The molecule has 18 heavy (non-hydrogen) atoms. The first-order valence-electron chi connectivity index (χ1n) is 6.30. The van der Waals surface area contributed by atoms with E-state index in [9.17, 15) is 0 Å². The molecular weight excluding hydrogens is 220 g/mol. The fourth-order valence-corrected chi connectivity index (χ4v) is 2.81. The van der Waals surface area contributed by atoms with Crippen LogP contribution in [0.1, 0.15) is 17.3 Å². The van der Waals surface area contributed by atoms with E-state index in [1.165, 1.54) is 22.5 Å². The standard InChI is InChI=1S/C16H18N2/c1-12-9-10-14-15(11-12)18(3)16(17(14)2)13-7-5-4-6-8-13/h4-11,16H,1-3H3. The summed E-state index contributed by atoms with van der Waals surface area (Å²) in [5.41, 5.74) is 5.25. The lowest BCUT2D eigenvalue weighted by molar-refractivity contribution is 0.694. The average Bonchev–Trinajstić information content (AvgIpc) is 2.63. The lowest BCUT2D eigenvalue weighted by Gasteiger charge is -2.28. The van der Waals surface area contributed by atoms with Gasteiger partial charge in [-0.15, -0.1) is 0 Å². The predicted molar refractivity (Wildman–Crippen MR) is 77.2 cm³/mol. The van der Waals surface area contributed by atoms with Crippen LogP contribution in [0.3, 0.4) is 0 Å². The Morgan fingerprint density at radius 3 is 2.22 bits per heavy atom. The fourth-order valence-electron chi connectivity index (χ4n) is 2.81. The molecule has 1 aliphatic heterocycles. The number of aryl methyl sites for hydroxylation is 1. The third-order valence-corrected chi connectivity index (χ3v) is 3.72. The van der Waals surface area contributed by atoms with E-state index < -0.39 is 0 Å². The normalized spacial score (nSPS) is 18.1. The lowest BCUT2D eigenvalue weighted by Crippen LogP contribution is -2.30. The molecule has 2 aromatic carbocycles. The summed E-state index contributed by atoms with van der Waals surface area (Å²) < 4.78 is 0. The SMILES string of the molecule is Cc1ccc2c(c1)N(C)C(c1ccccc1)N2C. The number of hydrogen-bond acceptors (Lipinski definition) is 2. The summed E-state index contributed by atoms with van der Waals surface area (Å²) in [6.45, 7) is 2.14. The quantitative estimate of drug-likeness (QED) is 0.749. The van der Waals surface area contributed by atoms with Crippen LogP contribution in [0.25, 0.3) is 0 Å². The summed E-state index contributed by atoms with van der Waals surface area (Å²) in [7, 11) is 4.33. The predicted octanol–water partition coefficient (Wildman–Crippen LogP) is 3.58. The van der Waals surface area contributed by atoms with Crippen molar-refractivity contribution in [1.82, 2.24) is 0 Å². The Balaban J connectivity index is 2.07. The Hall–Kier alpha value is -1.96. The molecule has 3 rings (SSSR count). The van der Waals surface area contributed by atoms with E-state index in [4.69, 9.17) is 0 Å². The number of anilines is 2. The number of benzene rings is 2. The zero-order chi connectivity index (χ0) is 12.7. The van der Waals surface area contributed by atoms with Crippen molar-refractivity contribution >= 4 is 11.4 Å². The van der Waals surface area contributed by atoms with Gasteiger partial charge in [0.05, 0.1) is 11.4 Å². The van der Waals surface area contributed by atoms with Crippen molar-refractivity contribution in [2.75, 3.05) is 23.9 Å². The molecular formula is C16H18N2. The molecule has 2 aromatic rings. The molecule has 0 fully saturated rings. The molecule has 0 saturated heterocycles. The van der Waals surface area contributed by atoms with Crippen LogP contribution in [0.5, 0.6) is 0 Å². The van der Waals surface area contributed by atoms with Gasteiger partial charge in [-0.3, -0.25) is 0 Å². The van der Waals surface area contributed by atoms with E-state index in [2.05, 4.69) is 79.3 Å². The summed E-state index contributed by atoms with van der Waals surface area (Å²) in [5, 5.41) is 0. The van der Waals surface area contributed by atoms with Crippen molar-refractivity contribution in [2.24, 2.45) is 0 Å². The van der Waals surface area contributed by atoms with Gasteiger partial charge in [0.25, 0.3) is 0 Å². The minimum atomic E-state index is 0.294. The lowest BCUT2D eigenvalue weighted by atomic mass is 10.1. The number of rotatable bonds is 1. The van der Waals surface area contributed by atoms with Crippen molar-refractivity contribution in [3.63, 3.8) is 0 Å². The molecule has 1 heterocycles. The topological polar surface area (TPSA) is 6.48 Å². The Kier molecular flexibility index (Phi) is 2.51. The Labute approximate surface area is 108 Å². The Bertz CT molecular complexity index is 563. The molecule has 1 aliphatic rings. The first-order valence-corrected chi connectivity index (χ1v) is 6.30. The molecule has 0 N–H and O–H groups in total. The molecule has 0 saturated carbocycles. The van der Waals surface area contributed by atoms with Crippen LogP contribution in [0.2, 0.25) is 0 Å². The average molecular weight is 238 g/mol. The van der Waals surface area contributed by atoms with Gasteiger partial charge in [-0.05, 0) is 30.2 Å². The highest BCUT2D eigenvalue weighted by Crippen LogP contribution is 2.44. The molecule has 0 amide bonds. The molecule has 92 valence electrons. The van der Waals surface area contributed by atoms with Gasteiger partial charge in [-0.1, -0.05) is 36.4 Å². The highest BCUT2D eigenvalue weighted by Gasteiger charge is 2.31. The van der Waals surface area contributed by atoms with E-state index in [0.29, 0.717) is 6.17 Å².